The number of rotatable bonds is 8. The van der Waals surface area contributed by atoms with Gasteiger partial charge in [-0.25, -0.2) is 0 Å². The van der Waals surface area contributed by atoms with E-state index in [1.165, 1.54) is 25.7 Å². The Balaban J connectivity index is 3.32. The van der Waals surface area contributed by atoms with Crippen LogP contribution in [0.2, 0.25) is 0 Å². The number of unbranched alkanes of at least 4 members (excludes halogenated alkanes) is 2. The zero-order valence-electron chi connectivity index (χ0n) is 9.34. The van der Waals surface area contributed by atoms with Crippen molar-refractivity contribution in [1.82, 2.24) is 5.32 Å². The lowest BCUT2D eigenvalue weighted by molar-refractivity contribution is 0.262. The van der Waals surface area contributed by atoms with Crippen molar-refractivity contribution >= 4 is 0 Å². The van der Waals surface area contributed by atoms with Crippen LogP contribution in [0.15, 0.2) is 0 Å². The monoisotopic (exact) mass is 187 g/mol. The van der Waals surface area contributed by atoms with Gasteiger partial charge in [0.25, 0.3) is 0 Å². The highest BCUT2D eigenvalue weighted by Gasteiger charge is 2.05. The van der Waals surface area contributed by atoms with Gasteiger partial charge in [0.1, 0.15) is 0 Å². The van der Waals surface area contributed by atoms with E-state index in [0.717, 1.165) is 6.42 Å². The molecule has 0 aliphatic heterocycles. The summed E-state index contributed by atoms with van der Waals surface area (Å²) in [5.41, 5.74) is 0. The Labute approximate surface area is 82.7 Å². The Morgan fingerprint density at radius 1 is 1.08 bits per heavy atom. The number of hydrogen-bond donors (Lipinski definition) is 2. The van der Waals surface area contributed by atoms with Gasteiger partial charge in [0.2, 0.25) is 0 Å². The second kappa shape index (κ2) is 8.52. The van der Waals surface area contributed by atoms with Crippen molar-refractivity contribution in [2.24, 2.45) is 0 Å². The molecule has 0 fully saturated rings. The molecule has 0 aliphatic rings. The van der Waals surface area contributed by atoms with Gasteiger partial charge >= 0.3 is 0 Å². The minimum absolute atomic E-state index is 0.288. The number of aliphatic hydroxyl groups is 1. The first-order chi connectivity index (χ1) is 6.20. The lowest BCUT2D eigenvalue weighted by atomic mass is 10.1. The van der Waals surface area contributed by atoms with Crippen molar-refractivity contribution in [2.45, 2.75) is 65.0 Å². The predicted octanol–water partition coefficient (Wildman–Crippen LogP) is 2.32. The second-order valence-corrected chi connectivity index (χ2v) is 3.98. The van der Waals surface area contributed by atoms with Gasteiger partial charge in [-0.05, 0) is 26.7 Å². The fourth-order valence-electron chi connectivity index (χ4n) is 1.55. The summed E-state index contributed by atoms with van der Waals surface area (Å²) in [6.07, 6.45) is 6.05. The number of nitrogens with one attached hydrogen (secondary N) is 1. The van der Waals surface area contributed by atoms with Gasteiger partial charge in [-0.2, -0.15) is 0 Å². The summed E-state index contributed by atoms with van der Waals surface area (Å²) in [6.45, 7) is 6.87. The molecular weight excluding hydrogens is 162 g/mol. The van der Waals surface area contributed by atoms with E-state index in [4.69, 9.17) is 5.11 Å². The van der Waals surface area contributed by atoms with Crippen LogP contribution in [0.5, 0.6) is 0 Å². The van der Waals surface area contributed by atoms with Crippen LogP contribution in [-0.4, -0.2) is 23.8 Å². The first kappa shape index (κ1) is 12.9. The minimum atomic E-state index is 0.288. The van der Waals surface area contributed by atoms with E-state index >= 15 is 0 Å². The molecule has 2 N–H and O–H groups in total. The van der Waals surface area contributed by atoms with Gasteiger partial charge in [-0.3, -0.25) is 0 Å². The molecule has 2 unspecified atom stereocenters. The van der Waals surface area contributed by atoms with Gasteiger partial charge < -0.3 is 10.4 Å². The summed E-state index contributed by atoms with van der Waals surface area (Å²) in [7, 11) is 0. The molecule has 0 rings (SSSR count). The van der Waals surface area contributed by atoms with Crippen molar-refractivity contribution in [3.8, 4) is 0 Å². The van der Waals surface area contributed by atoms with Crippen molar-refractivity contribution in [1.29, 1.82) is 0 Å². The fourth-order valence-corrected chi connectivity index (χ4v) is 1.55. The molecule has 13 heavy (non-hydrogen) atoms. The van der Waals surface area contributed by atoms with Gasteiger partial charge in [-0.1, -0.05) is 26.2 Å². The summed E-state index contributed by atoms with van der Waals surface area (Å²) in [6, 6.07) is 1.04. The minimum Gasteiger partial charge on any atom is -0.396 e. The molecule has 0 aliphatic carbocycles. The smallest absolute Gasteiger partial charge is 0.0445 e. The molecule has 2 nitrogen and oxygen atoms in total. The van der Waals surface area contributed by atoms with Crippen LogP contribution in [0.3, 0.4) is 0 Å². The molecule has 80 valence electrons. The average molecular weight is 187 g/mol. The zero-order valence-corrected chi connectivity index (χ0v) is 9.34. The van der Waals surface area contributed by atoms with Crippen molar-refractivity contribution < 1.29 is 5.11 Å². The molecule has 0 spiro atoms. The molecular formula is C11H25NO. The van der Waals surface area contributed by atoms with Crippen LogP contribution in [-0.2, 0) is 0 Å². The average Bonchev–Trinajstić information content (AvgIpc) is 2.05. The van der Waals surface area contributed by atoms with Crippen LogP contribution >= 0.6 is 0 Å². The summed E-state index contributed by atoms with van der Waals surface area (Å²) < 4.78 is 0. The summed E-state index contributed by atoms with van der Waals surface area (Å²) in [4.78, 5) is 0. The molecule has 2 heteroatoms. The third-order valence-corrected chi connectivity index (χ3v) is 2.37. The van der Waals surface area contributed by atoms with Crippen LogP contribution in [0.1, 0.15) is 52.9 Å². The molecule has 0 radical (unpaired) electrons. The second-order valence-electron chi connectivity index (χ2n) is 3.98. The molecule has 0 saturated carbocycles. The normalized spacial score (nSPS) is 15.7. The summed E-state index contributed by atoms with van der Waals surface area (Å²) in [5, 5.41) is 12.2. The zero-order chi connectivity index (χ0) is 10.1. The third kappa shape index (κ3) is 8.26. The van der Waals surface area contributed by atoms with Crippen LogP contribution in [0.4, 0.5) is 0 Å². The Hall–Kier alpha value is -0.0800. The number of hydrogen-bond acceptors (Lipinski definition) is 2. The first-order valence-corrected chi connectivity index (χ1v) is 5.57. The lowest BCUT2D eigenvalue weighted by Crippen LogP contribution is -2.34. The maximum Gasteiger partial charge on any atom is 0.0445 e. The topological polar surface area (TPSA) is 32.3 Å². The first-order valence-electron chi connectivity index (χ1n) is 5.57. The van der Waals surface area contributed by atoms with Gasteiger partial charge in [0.15, 0.2) is 0 Å². The highest BCUT2D eigenvalue weighted by atomic mass is 16.3. The van der Waals surface area contributed by atoms with Crippen LogP contribution in [0, 0.1) is 0 Å². The van der Waals surface area contributed by atoms with E-state index in [9.17, 15) is 0 Å². The summed E-state index contributed by atoms with van der Waals surface area (Å²) in [5.74, 6) is 0. The van der Waals surface area contributed by atoms with E-state index in [-0.39, 0.29) is 6.61 Å². The summed E-state index contributed by atoms with van der Waals surface area (Å²) >= 11 is 0. The molecule has 2 atom stereocenters. The van der Waals surface area contributed by atoms with Gasteiger partial charge in [-0.15, -0.1) is 0 Å². The SMILES string of the molecule is CCCCCC(C)NC(C)CCO. The van der Waals surface area contributed by atoms with E-state index in [2.05, 4.69) is 26.1 Å². The molecule has 0 aromatic rings. The highest BCUT2D eigenvalue weighted by Crippen LogP contribution is 2.04. The van der Waals surface area contributed by atoms with Crippen molar-refractivity contribution in [3.05, 3.63) is 0 Å². The van der Waals surface area contributed by atoms with Crippen LogP contribution < -0.4 is 5.32 Å². The van der Waals surface area contributed by atoms with Crippen molar-refractivity contribution in [3.63, 3.8) is 0 Å². The van der Waals surface area contributed by atoms with E-state index < -0.39 is 0 Å². The van der Waals surface area contributed by atoms with Gasteiger partial charge in [0.05, 0.1) is 0 Å². The predicted molar refractivity (Wildman–Crippen MR) is 57.9 cm³/mol. The number of aliphatic hydroxyl groups excluding tert-OH is 1. The van der Waals surface area contributed by atoms with E-state index in [0.29, 0.717) is 12.1 Å². The lowest BCUT2D eigenvalue weighted by Gasteiger charge is -2.19. The largest absolute Gasteiger partial charge is 0.396 e. The fraction of sp³-hybridized carbons (Fsp3) is 1.00. The highest BCUT2D eigenvalue weighted by molar-refractivity contribution is 4.66. The van der Waals surface area contributed by atoms with Crippen LogP contribution in [0.25, 0.3) is 0 Å². The van der Waals surface area contributed by atoms with E-state index in [1.807, 2.05) is 0 Å². The molecule has 0 bridgehead atoms. The molecule has 0 amide bonds. The molecule has 0 aromatic heterocycles. The molecule has 0 saturated heterocycles. The van der Waals surface area contributed by atoms with E-state index in [1.54, 1.807) is 0 Å². The van der Waals surface area contributed by atoms with Gasteiger partial charge in [0, 0.05) is 18.7 Å². The van der Waals surface area contributed by atoms with Crippen molar-refractivity contribution in [2.75, 3.05) is 6.61 Å². The maximum atomic E-state index is 8.72. The standard InChI is InChI=1S/C11H25NO/c1-4-5-6-7-10(2)12-11(3)8-9-13/h10-13H,4-9H2,1-3H3. The molecule has 0 aromatic carbocycles. The Kier molecular flexibility index (Phi) is 8.46. The Bertz CT molecular complexity index is 106. The molecule has 0 heterocycles. The quantitative estimate of drug-likeness (QED) is 0.572. The maximum absolute atomic E-state index is 8.72. The third-order valence-electron chi connectivity index (χ3n) is 2.37. The Morgan fingerprint density at radius 3 is 2.23 bits per heavy atom. The Morgan fingerprint density at radius 2 is 1.69 bits per heavy atom.